The van der Waals surface area contributed by atoms with Gasteiger partial charge in [-0.2, -0.15) is 0 Å². The number of anilines is 2. The molecule has 0 radical (unpaired) electrons. The first-order valence-electron chi connectivity index (χ1n) is 8.20. The Bertz CT molecular complexity index is 714. The Kier molecular flexibility index (Phi) is 6.45. The summed E-state index contributed by atoms with van der Waals surface area (Å²) >= 11 is 0. The van der Waals surface area contributed by atoms with Crippen LogP contribution in [0.1, 0.15) is 48.0 Å². The van der Waals surface area contributed by atoms with Crippen LogP contribution in [0.4, 0.5) is 11.5 Å². The normalized spacial score (nSPS) is 11.5. The van der Waals surface area contributed by atoms with E-state index in [1.807, 2.05) is 6.92 Å². The van der Waals surface area contributed by atoms with E-state index in [2.05, 4.69) is 27.5 Å². The van der Waals surface area contributed by atoms with Crippen LogP contribution in [-0.4, -0.2) is 34.5 Å². The van der Waals surface area contributed by atoms with E-state index < -0.39 is 5.97 Å². The third kappa shape index (κ3) is 5.27. The van der Waals surface area contributed by atoms with Gasteiger partial charge in [0.25, 0.3) is 5.91 Å². The summed E-state index contributed by atoms with van der Waals surface area (Å²) in [6, 6.07) is 6.75. The van der Waals surface area contributed by atoms with E-state index in [1.165, 1.54) is 12.4 Å². The first kappa shape index (κ1) is 18.4. The molecule has 2 N–H and O–H groups in total. The second kappa shape index (κ2) is 8.77. The number of carbonyl (C=O) groups excluding carboxylic acids is 2. The van der Waals surface area contributed by atoms with Crippen molar-refractivity contribution in [3.8, 4) is 0 Å². The molecule has 0 saturated carbocycles. The number of hydrogen-bond acceptors (Lipinski definition) is 6. The molecule has 1 unspecified atom stereocenters. The predicted octanol–water partition coefficient (Wildman–Crippen LogP) is 3.12. The molecular weight excluding hydrogens is 320 g/mol. The summed E-state index contributed by atoms with van der Waals surface area (Å²) in [7, 11) is 0. The van der Waals surface area contributed by atoms with Crippen LogP contribution in [0.15, 0.2) is 36.7 Å². The smallest absolute Gasteiger partial charge is 0.338 e. The molecule has 2 rings (SSSR count). The number of nitrogens with one attached hydrogen (secondary N) is 2. The highest BCUT2D eigenvalue weighted by Crippen LogP contribution is 2.12. The van der Waals surface area contributed by atoms with Crippen LogP contribution in [0.3, 0.4) is 0 Å². The molecule has 7 heteroatoms. The van der Waals surface area contributed by atoms with Crippen LogP contribution < -0.4 is 10.6 Å². The second-order valence-electron chi connectivity index (χ2n) is 5.49. The molecule has 0 spiro atoms. The number of ether oxygens (including phenoxy) is 1. The van der Waals surface area contributed by atoms with Gasteiger partial charge >= 0.3 is 5.97 Å². The zero-order chi connectivity index (χ0) is 18.2. The molecule has 1 aromatic carbocycles. The van der Waals surface area contributed by atoms with Crippen LogP contribution >= 0.6 is 0 Å². The maximum absolute atomic E-state index is 12.2. The lowest BCUT2D eigenvalue weighted by Gasteiger charge is -2.11. The van der Waals surface area contributed by atoms with Crippen LogP contribution in [0.2, 0.25) is 0 Å². The molecule has 25 heavy (non-hydrogen) atoms. The van der Waals surface area contributed by atoms with Crippen molar-refractivity contribution in [2.45, 2.75) is 33.2 Å². The summed E-state index contributed by atoms with van der Waals surface area (Å²) in [5, 5.41) is 5.90. The fourth-order valence-electron chi connectivity index (χ4n) is 1.97. The average molecular weight is 342 g/mol. The largest absolute Gasteiger partial charge is 0.462 e. The first-order chi connectivity index (χ1) is 12.0. The fourth-order valence-corrected chi connectivity index (χ4v) is 1.97. The molecular formula is C18H22N4O3. The van der Waals surface area contributed by atoms with Crippen molar-refractivity contribution in [2.75, 3.05) is 17.2 Å². The minimum absolute atomic E-state index is 0.212. The Morgan fingerprint density at radius 1 is 1.12 bits per heavy atom. The number of hydrogen-bond donors (Lipinski definition) is 2. The van der Waals surface area contributed by atoms with Crippen molar-refractivity contribution in [1.29, 1.82) is 0 Å². The van der Waals surface area contributed by atoms with Gasteiger partial charge in [0.1, 0.15) is 11.5 Å². The maximum Gasteiger partial charge on any atom is 0.338 e. The van der Waals surface area contributed by atoms with Crippen molar-refractivity contribution < 1.29 is 14.3 Å². The number of benzene rings is 1. The third-order valence-electron chi connectivity index (χ3n) is 3.55. The lowest BCUT2D eigenvalue weighted by molar-refractivity contribution is 0.0526. The monoisotopic (exact) mass is 342 g/mol. The third-order valence-corrected chi connectivity index (χ3v) is 3.55. The highest BCUT2D eigenvalue weighted by atomic mass is 16.5. The van der Waals surface area contributed by atoms with Gasteiger partial charge in [-0.1, -0.05) is 6.92 Å². The lowest BCUT2D eigenvalue weighted by Crippen LogP contribution is -2.17. The number of aromatic nitrogens is 2. The van der Waals surface area contributed by atoms with Gasteiger partial charge in [-0.25, -0.2) is 14.8 Å². The molecule has 132 valence electrons. The highest BCUT2D eigenvalue weighted by Gasteiger charge is 2.10. The molecule has 1 heterocycles. The van der Waals surface area contributed by atoms with Crippen LogP contribution in [0, 0.1) is 0 Å². The Morgan fingerprint density at radius 2 is 1.84 bits per heavy atom. The average Bonchev–Trinajstić information content (AvgIpc) is 2.63. The van der Waals surface area contributed by atoms with Crippen molar-refractivity contribution in [2.24, 2.45) is 0 Å². The summed E-state index contributed by atoms with van der Waals surface area (Å²) in [5.41, 5.74) is 1.20. The summed E-state index contributed by atoms with van der Waals surface area (Å²) < 4.78 is 4.91. The highest BCUT2D eigenvalue weighted by molar-refractivity contribution is 6.03. The second-order valence-corrected chi connectivity index (χ2v) is 5.49. The van der Waals surface area contributed by atoms with Gasteiger partial charge in [0.15, 0.2) is 0 Å². The van der Waals surface area contributed by atoms with E-state index in [4.69, 9.17) is 4.74 Å². The number of esters is 1. The molecule has 1 amide bonds. The van der Waals surface area contributed by atoms with E-state index in [0.717, 1.165) is 6.42 Å². The van der Waals surface area contributed by atoms with Crippen LogP contribution in [0.25, 0.3) is 0 Å². The standard InChI is InChI=1S/C18H22N4O3/c1-4-12(3)21-16-11-19-15(10-20-16)17(23)22-14-8-6-13(7-9-14)18(24)25-5-2/h6-12H,4-5H2,1-3H3,(H,20,21)(H,22,23). The molecule has 0 aliphatic heterocycles. The van der Waals surface area contributed by atoms with Gasteiger partial charge in [0.2, 0.25) is 0 Å². The van der Waals surface area contributed by atoms with E-state index >= 15 is 0 Å². The summed E-state index contributed by atoms with van der Waals surface area (Å²) in [6.07, 6.45) is 3.92. The molecule has 0 fully saturated rings. The van der Waals surface area contributed by atoms with Crippen molar-refractivity contribution in [3.05, 3.63) is 47.9 Å². The lowest BCUT2D eigenvalue weighted by atomic mass is 10.2. The van der Waals surface area contributed by atoms with E-state index in [9.17, 15) is 9.59 Å². The molecule has 1 atom stereocenters. The minimum atomic E-state index is -0.393. The Hall–Kier alpha value is -2.96. The molecule has 0 bridgehead atoms. The molecule has 0 aliphatic carbocycles. The Morgan fingerprint density at radius 3 is 2.40 bits per heavy atom. The zero-order valence-electron chi connectivity index (χ0n) is 14.6. The van der Waals surface area contributed by atoms with Crippen LogP contribution in [0.5, 0.6) is 0 Å². The molecule has 0 saturated heterocycles. The minimum Gasteiger partial charge on any atom is -0.462 e. The van der Waals surface area contributed by atoms with E-state index in [1.54, 1.807) is 31.2 Å². The summed E-state index contributed by atoms with van der Waals surface area (Å²) in [6.45, 7) is 6.18. The molecule has 2 aromatic rings. The van der Waals surface area contributed by atoms with E-state index in [-0.39, 0.29) is 17.6 Å². The Balaban J connectivity index is 1.98. The number of nitrogens with zero attached hydrogens (tertiary/aromatic N) is 2. The van der Waals surface area contributed by atoms with Crippen molar-refractivity contribution >= 4 is 23.4 Å². The molecule has 1 aromatic heterocycles. The fraction of sp³-hybridized carbons (Fsp3) is 0.333. The van der Waals surface area contributed by atoms with Gasteiger partial charge < -0.3 is 15.4 Å². The quantitative estimate of drug-likeness (QED) is 0.751. The van der Waals surface area contributed by atoms with E-state index in [0.29, 0.717) is 23.7 Å². The summed E-state index contributed by atoms with van der Waals surface area (Å²) in [5.74, 6) is -0.133. The predicted molar refractivity (Wildman–Crippen MR) is 95.8 cm³/mol. The molecule has 0 aliphatic rings. The maximum atomic E-state index is 12.2. The summed E-state index contributed by atoms with van der Waals surface area (Å²) in [4.78, 5) is 32.1. The van der Waals surface area contributed by atoms with Gasteiger partial charge in [-0.05, 0) is 44.5 Å². The van der Waals surface area contributed by atoms with Crippen molar-refractivity contribution in [3.63, 3.8) is 0 Å². The zero-order valence-corrected chi connectivity index (χ0v) is 14.6. The van der Waals surface area contributed by atoms with Gasteiger partial charge in [0.05, 0.1) is 24.6 Å². The number of carbonyl (C=O) groups is 2. The Labute approximate surface area is 146 Å². The number of rotatable bonds is 7. The van der Waals surface area contributed by atoms with Crippen LogP contribution in [-0.2, 0) is 4.74 Å². The van der Waals surface area contributed by atoms with Gasteiger partial charge in [0, 0.05) is 11.7 Å². The van der Waals surface area contributed by atoms with Crippen molar-refractivity contribution in [1.82, 2.24) is 9.97 Å². The van der Waals surface area contributed by atoms with Gasteiger partial charge in [-0.15, -0.1) is 0 Å². The number of amides is 1. The SMILES string of the molecule is CCOC(=O)c1ccc(NC(=O)c2cnc(NC(C)CC)cn2)cc1. The topological polar surface area (TPSA) is 93.2 Å². The first-order valence-corrected chi connectivity index (χ1v) is 8.20. The molecule has 7 nitrogen and oxygen atoms in total. The van der Waals surface area contributed by atoms with Gasteiger partial charge in [-0.3, -0.25) is 4.79 Å².